The summed E-state index contributed by atoms with van der Waals surface area (Å²) in [4.78, 5) is 33.1. The van der Waals surface area contributed by atoms with Gasteiger partial charge in [0.05, 0.1) is 17.7 Å². The number of phosphoric ester groups is 1. The van der Waals surface area contributed by atoms with Crippen LogP contribution >= 0.6 is 19.6 Å². The number of carboxylic acids is 1. The first kappa shape index (κ1) is 19.2. The van der Waals surface area contributed by atoms with E-state index in [1.54, 1.807) is 20.8 Å². The first-order valence-electron chi connectivity index (χ1n) is 6.96. The van der Waals surface area contributed by atoms with E-state index >= 15 is 0 Å². The van der Waals surface area contributed by atoms with Crippen molar-refractivity contribution in [2.75, 3.05) is 0 Å². The Morgan fingerprint density at radius 3 is 2.62 bits per heavy atom. The SMILES string of the molecule is Cc1ncc(COP(=O)(O)O)c([C@@H]2N[C@H](C(=O)O)C(C)(C)S2)c1O. The third-order valence-electron chi connectivity index (χ3n) is 3.69. The lowest BCUT2D eigenvalue weighted by Crippen LogP contribution is -2.43. The molecule has 0 amide bonds. The summed E-state index contributed by atoms with van der Waals surface area (Å²) in [5.41, 5.74) is 0.912. The van der Waals surface area contributed by atoms with Crippen molar-refractivity contribution in [3.05, 3.63) is 23.0 Å². The molecule has 11 heteroatoms. The third-order valence-corrected chi connectivity index (χ3v) is 5.61. The van der Waals surface area contributed by atoms with Gasteiger partial charge in [-0.15, -0.1) is 11.8 Å². The van der Waals surface area contributed by atoms with Crippen molar-refractivity contribution >= 4 is 25.6 Å². The van der Waals surface area contributed by atoms with E-state index in [0.29, 0.717) is 11.3 Å². The summed E-state index contributed by atoms with van der Waals surface area (Å²) in [6.07, 6.45) is 1.35. The van der Waals surface area contributed by atoms with E-state index in [0.717, 1.165) is 0 Å². The first-order valence-corrected chi connectivity index (χ1v) is 9.37. The Morgan fingerprint density at radius 2 is 2.12 bits per heavy atom. The minimum Gasteiger partial charge on any atom is -0.506 e. The highest BCUT2D eigenvalue weighted by molar-refractivity contribution is 8.01. The predicted molar refractivity (Wildman–Crippen MR) is 86.4 cm³/mol. The van der Waals surface area contributed by atoms with Crippen LogP contribution in [-0.4, -0.2) is 41.7 Å². The lowest BCUT2D eigenvalue weighted by atomic mass is 10.0. The van der Waals surface area contributed by atoms with Gasteiger partial charge in [0.25, 0.3) is 0 Å². The van der Waals surface area contributed by atoms with Gasteiger partial charge in [-0.1, -0.05) is 0 Å². The number of carbonyl (C=O) groups is 1. The van der Waals surface area contributed by atoms with Gasteiger partial charge in [0.15, 0.2) is 0 Å². The van der Waals surface area contributed by atoms with E-state index in [1.165, 1.54) is 18.0 Å². The van der Waals surface area contributed by atoms with E-state index in [1.807, 2.05) is 0 Å². The zero-order valence-electron chi connectivity index (χ0n) is 13.3. The van der Waals surface area contributed by atoms with Crippen molar-refractivity contribution in [3.8, 4) is 5.75 Å². The topological polar surface area (TPSA) is 149 Å². The molecule has 9 nitrogen and oxygen atoms in total. The second kappa shape index (κ2) is 6.62. The molecule has 134 valence electrons. The molecular weight excluding hydrogens is 359 g/mol. The molecular formula is C13H19N2O7PS. The molecule has 1 aromatic rings. The number of hydrogen-bond acceptors (Lipinski definition) is 7. The van der Waals surface area contributed by atoms with Crippen molar-refractivity contribution in [3.63, 3.8) is 0 Å². The second-order valence-corrected chi connectivity index (χ2v) is 8.93. The lowest BCUT2D eigenvalue weighted by Gasteiger charge is -2.21. The van der Waals surface area contributed by atoms with Crippen molar-refractivity contribution in [2.24, 2.45) is 0 Å². The normalized spacial score (nSPS) is 23.4. The molecule has 24 heavy (non-hydrogen) atoms. The molecule has 1 saturated heterocycles. The largest absolute Gasteiger partial charge is 0.506 e. The summed E-state index contributed by atoms with van der Waals surface area (Å²) in [6, 6.07) is -0.851. The van der Waals surface area contributed by atoms with Crippen LogP contribution in [0, 0.1) is 6.92 Å². The Kier molecular flexibility index (Phi) is 5.29. The van der Waals surface area contributed by atoms with Crippen molar-refractivity contribution < 1.29 is 33.9 Å². The number of thioether (sulfide) groups is 1. The van der Waals surface area contributed by atoms with Crippen LogP contribution in [0.2, 0.25) is 0 Å². The maximum Gasteiger partial charge on any atom is 0.469 e. The van der Waals surface area contributed by atoms with Crippen molar-refractivity contribution in [2.45, 2.75) is 43.5 Å². The maximum absolute atomic E-state index is 11.4. The molecule has 2 heterocycles. The van der Waals surface area contributed by atoms with Gasteiger partial charge in [-0.05, 0) is 20.8 Å². The average molecular weight is 378 g/mol. The molecule has 1 fully saturated rings. The fourth-order valence-corrected chi connectivity index (χ4v) is 4.29. The highest BCUT2D eigenvalue weighted by Gasteiger charge is 2.47. The molecule has 0 spiro atoms. The standard InChI is InChI=1S/C13H19N2O7PS/c1-6-9(16)8(7(4-14-6)5-22-23(19,20)21)11-15-10(12(17)18)13(2,3)24-11/h4,10-11,15-16H,5H2,1-3H3,(H,17,18)(H2,19,20,21)/t10-,11-/m1/s1. The number of nitrogens with one attached hydrogen (secondary N) is 1. The minimum atomic E-state index is -4.69. The van der Waals surface area contributed by atoms with Crippen molar-refractivity contribution in [1.82, 2.24) is 10.3 Å². The number of rotatable bonds is 5. The van der Waals surface area contributed by atoms with Crippen LogP contribution in [0.3, 0.4) is 0 Å². The average Bonchev–Trinajstić information content (AvgIpc) is 2.74. The number of aromatic nitrogens is 1. The molecule has 0 aliphatic carbocycles. The van der Waals surface area contributed by atoms with Crippen LogP contribution in [0.5, 0.6) is 5.75 Å². The number of aryl methyl sites for hydroxylation is 1. The summed E-state index contributed by atoms with van der Waals surface area (Å²) in [5.74, 6) is -1.18. The molecule has 0 radical (unpaired) electrons. The number of pyridine rings is 1. The van der Waals surface area contributed by atoms with E-state index in [4.69, 9.17) is 9.79 Å². The molecule has 2 rings (SSSR count). The molecule has 0 saturated carbocycles. The summed E-state index contributed by atoms with van der Waals surface area (Å²) < 4.78 is 14.8. The predicted octanol–water partition coefficient (Wildman–Crippen LogP) is 1.27. The molecule has 0 aromatic carbocycles. The first-order chi connectivity index (χ1) is 10.9. The molecule has 0 bridgehead atoms. The Bertz CT molecular complexity index is 706. The molecule has 5 N–H and O–H groups in total. The summed E-state index contributed by atoms with van der Waals surface area (Å²) in [6.45, 7) is 4.64. The van der Waals surface area contributed by atoms with E-state index in [-0.39, 0.29) is 11.3 Å². The zero-order valence-corrected chi connectivity index (χ0v) is 15.0. The van der Waals surface area contributed by atoms with Crippen LogP contribution in [0.15, 0.2) is 6.20 Å². The second-order valence-electron chi connectivity index (χ2n) is 5.93. The van der Waals surface area contributed by atoms with Crippen LogP contribution in [0.4, 0.5) is 0 Å². The van der Waals surface area contributed by atoms with E-state index < -0.39 is 36.6 Å². The van der Waals surface area contributed by atoms with Gasteiger partial charge in [0, 0.05) is 22.1 Å². The number of aliphatic carboxylic acids is 1. The number of carboxylic acid groups (broad SMARTS) is 1. The van der Waals surface area contributed by atoms with Gasteiger partial charge in [0.1, 0.15) is 11.8 Å². The summed E-state index contributed by atoms with van der Waals surface area (Å²) in [7, 11) is -4.69. The fraction of sp³-hybridized carbons (Fsp3) is 0.538. The fourth-order valence-electron chi connectivity index (χ4n) is 2.48. The highest BCUT2D eigenvalue weighted by atomic mass is 32.2. The van der Waals surface area contributed by atoms with Crippen LogP contribution in [0.1, 0.15) is 36.0 Å². The number of aromatic hydroxyl groups is 1. The van der Waals surface area contributed by atoms with Gasteiger partial charge in [-0.3, -0.25) is 19.6 Å². The number of nitrogens with zero attached hydrogens (tertiary/aromatic N) is 1. The van der Waals surface area contributed by atoms with Crippen LogP contribution in [-0.2, 0) is 20.5 Å². The molecule has 1 aliphatic heterocycles. The molecule has 1 aromatic heterocycles. The molecule has 1 aliphatic rings. The minimum absolute atomic E-state index is 0.159. The smallest absolute Gasteiger partial charge is 0.469 e. The third kappa shape index (κ3) is 4.08. The highest BCUT2D eigenvalue weighted by Crippen LogP contribution is 2.49. The number of hydrogen-bond donors (Lipinski definition) is 5. The quantitative estimate of drug-likeness (QED) is 0.474. The zero-order chi connectivity index (χ0) is 18.3. The monoisotopic (exact) mass is 378 g/mol. The van der Waals surface area contributed by atoms with E-state index in [2.05, 4.69) is 14.8 Å². The Morgan fingerprint density at radius 1 is 1.50 bits per heavy atom. The van der Waals surface area contributed by atoms with Crippen molar-refractivity contribution in [1.29, 1.82) is 0 Å². The van der Waals surface area contributed by atoms with Gasteiger partial charge in [-0.25, -0.2) is 4.57 Å². The van der Waals surface area contributed by atoms with Crippen LogP contribution in [0.25, 0.3) is 0 Å². The van der Waals surface area contributed by atoms with Gasteiger partial charge < -0.3 is 20.0 Å². The maximum atomic E-state index is 11.4. The van der Waals surface area contributed by atoms with Gasteiger partial charge >= 0.3 is 13.8 Å². The molecule has 2 atom stereocenters. The van der Waals surface area contributed by atoms with E-state index in [9.17, 15) is 19.6 Å². The van der Waals surface area contributed by atoms with Gasteiger partial charge in [-0.2, -0.15) is 0 Å². The number of phosphoric acid groups is 1. The lowest BCUT2D eigenvalue weighted by molar-refractivity contribution is -0.139. The molecule has 0 unspecified atom stereocenters. The van der Waals surface area contributed by atoms with Gasteiger partial charge in [0.2, 0.25) is 0 Å². The summed E-state index contributed by atoms with van der Waals surface area (Å²) >= 11 is 1.30. The van der Waals surface area contributed by atoms with Crippen LogP contribution < -0.4 is 5.32 Å². The Balaban J connectivity index is 2.40. The Labute approximate surface area is 142 Å². The Hall–Kier alpha value is -1.16. The summed E-state index contributed by atoms with van der Waals surface area (Å²) in [5, 5.41) is 22.0.